The van der Waals surface area contributed by atoms with Gasteiger partial charge in [0.25, 0.3) is 0 Å². The van der Waals surface area contributed by atoms with Crippen LogP contribution in [0.3, 0.4) is 0 Å². The van der Waals surface area contributed by atoms with Crippen LogP contribution in [0, 0.1) is 5.92 Å². The van der Waals surface area contributed by atoms with E-state index in [1.54, 1.807) is 25.2 Å². The molecular formula is C22H26N2O4. The van der Waals surface area contributed by atoms with E-state index in [9.17, 15) is 9.59 Å². The molecule has 3 rings (SSSR count). The first kappa shape index (κ1) is 19.7. The number of ether oxygens (including phenoxy) is 2. The van der Waals surface area contributed by atoms with E-state index in [0.717, 1.165) is 17.7 Å². The molecule has 1 N–H and O–H groups in total. The summed E-state index contributed by atoms with van der Waals surface area (Å²) in [5, 5.41) is 2.87. The molecule has 0 unspecified atom stereocenters. The normalized spacial score (nSPS) is 16.2. The van der Waals surface area contributed by atoms with Gasteiger partial charge in [0.05, 0.1) is 14.2 Å². The maximum absolute atomic E-state index is 12.7. The zero-order valence-electron chi connectivity index (χ0n) is 16.5. The van der Waals surface area contributed by atoms with Gasteiger partial charge in [-0.2, -0.15) is 0 Å². The van der Waals surface area contributed by atoms with Crippen molar-refractivity contribution in [1.29, 1.82) is 0 Å². The Morgan fingerprint density at radius 1 is 1.14 bits per heavy atom. The number of methoxy groups -OCH3 is 2. The topological polar surface area (TPSA) is 67.9 Å². The predicted octanol–water partition coefficient (Wildman–Crippen LogP) is 2.94. The van der Waals surface area contributed by atoms with Gasteiger partial charge in [-0.05, 0) is 42.7 Å². The number of amides is 2. The smallest absolute Gasteiger partial charge is 0.239 e. The minimum Gasteiger partial charge on any atom is -0.497 e. The molecule has 1 aliphatic rings. The van der Waals surface area contributed by atoms with Crippen LogP contribution in [0.25, 0.3) is 0 Å². The molecule has 0 aromatic heterocycles. The highest BCUT2D eigenvalue weighted by molar-refractivity contribution is 6.09. The monoisotopic (exact) mass is 382 g/mol. The summed E-state index contributed by atoms with van der Waals surface area (Å²) in [5.74, 6) is 0.256. The zero-order chi connectivity index (χ0) is 20.1. The molecule has 2 aromatic carbocycles. The number of carbonyl (C=O) groups is 2. The van der Waals surface area contributed by atoms with Crippen molar-refractivity contribution in [2.75, 3.05) is 25.7 Å². The Morgan fingerprint density at radius 2 is 1.89 bits per heavy atom. The van der Waals surface area contributed by atoms with Crippen molar-refractivity contribution < 1.29 is 19.1 Å². The van der Waals surface area contributed by atoms with Gasteiger partial charge in [0.2, 0.25) is 11.8 Å². The summed E-state index contributed by atoms with van der Waals surface area (Å²) in [7, 11) is 3.16. The van der Waals surface area contributed by atoms with E-state index in [-0.39, 0.29) is 11.8 Å². The van der Waals surface area contributed by atoms with Crippen LogP contribution in [0.2, 0.25) is 0 Å². The Balaban J connectivity index is 1.63. The van der Waals surface area contributed by atoms with Gasteiger partial charge in [0.1, 0.15) is 17.4 Å². The lowest BCUT2D eigenvalue weighted by atomic mass is 10.1. The van der Waals surface area contributed by atoms with Crippen LogP contribution in [-0.2, 0) is 22.6 Å². The average molecular weight is 382 g/mol. The number of rotatable bonds is 7. The maximum atomic E-state index is 12.7. The molecule has 1 heterocycles. The first-order valence-corrected chi connectivity index (χ1v) is 9.46. The van der Waals surface area contributed by atoms with E-state index in [1.807, 2.05) is 36.4 Å². The molecule has 0 aliphatic carbocycles. The quantitative estimate of drug-likeness (QED) is 0.748. The van der Waals surface area contributed by atoms with Gasteiger partial charge in [0, 0.05) is 30.4 Å². The Bertz CT molecular complexity index is 848. The molecule has 2 amide bonds. The van der Waals surface area contributed by atoms with Gasteiger partial charge in [-0.15, -0.1) is 0 Å². The van der Waals surface area contributed by atoms with Gasteiger partial charge >= 0.3 is 0 Å². The molecule has 0 saturated carbocycles. The third-order valence-electron chi connectivity index (χ3n) is 5.13. The highest BCUT2D eigenvalue weighted by Gasteiger charge is 2.37. The van der Waals surface area contributed by atoms with Gasteiger partial charge in [-0.25, -0.2) is 0 Å². The summed E-state index contributed by atoms with van der Waals surface area (Å²) >= 11 is 0. The second kappa shape index (κ2) is 8.78. The van der Waals surface area contributed by atoms with Crippen LogP contribution in [0.5, 0.6) is 11.5 Å². The number of anilines is 1. The Labute approximate surface area is 165 Å². The van der Waals surface area contributed by atoms with Crippen LogP contribution >= 0.6 is 0 Å². The minimum absolute atomic E-state index is 0.150. The van der Waals surface area contributed by atoms with Crippen molar-refractivity contribution >= 4 is 17.5 Å². The highest BCUT2D eigenvalue weighted by atomic mass is 16.5. The predicted molar refractivity (Wildman–Crippen MR) is 108 cm³/mol. The van der Waals surface area contributed by atoms with Gasteiger partial charge in [0.15, 0.2) is 0 Å². The molecule has 2 aromatic rings. The van der Waals surface area contributed by atoms with Crippen LogP contribution < -0.4 is 19.7 Å². The largest absolute Gasteiger partial charge is 0.497 e. The number of aryl methyl sites for hydroxylation is 1. The fourth-order valence-corrected chi connectivity index (χ4v) is 3.39. The summed E-state index contributed by atoms with van der Waals surface area (Å²) < 4.78 is 10.5. The Hall–Kier alpha value is -3.02. The maximum Gasteiger partial charge on any atom is 0.239 e. The lowest BCUT2D eigenvalue weighted by Gasteiger charge is -2.17. The summed E-state index contributed by atoms with van der Waals surface area (Å²) in [6, 6.07) is 13.3. The number of benzene rings is 2. The van der Waals surface area contributed by atoms with E-state index < -0.39 is 5.92 Å². The van der Waals surface area contributed by atoms with Gasteiger partial charge < -0.3 is 19.7 Å². The fourth-order valence-electron chi connectivity index (χ4n) is 3.39. The van der Waals surface area contributed by atoms with Crippen LogP contribution in [-0.4, -0.2) is 32.6 Å². The van der Waals surface area contributed by atoms with Crippen LogP contribution in [0.1, 0.15) is 24.5 Å². The molecule has 0 radical (unpaired) electrons. The van der Waals surface area contributed by atoms with Crippen molar-refractivity contribution in [3.8, 4) is 11.5 Å². The molecule has 28 heavy (non-hydrogen) atoms. The van der Waals surface area contributed by atoms with Crippen molar-refractivity contribution in [3.63, 3.8) is 0 Å². The lowest BCUT2D eigenvalue weighted by Crippen LogP contribution is -2.36. The number of hydrogen-bond donors (Lipinski definition) is 1. The number of nitrogens with zero attached hydrogens (tertiary/aromatic N) is 1. The third-order valence-corrected chi connectivity index (χ3v) is 5.13. The van der Waals surface area contributed by atoms with E-state index >= 15 is 0 Å². The first-order chi connectivity index (χ1) is 13.6. The van der Waals surface area contributed by atoms with Crippen molar-refractivity contribution in [1.82, 2.24) is 5.32 Å². The summed E-state index contributed by atoms with van der Waals surface area (Å²) in [4.78, 5) is 27.0. The van der Waals surface area contributed by atoms with E-state index in [4.69, 9.17) is 9.47 Å². The minimum atomic E-state index is -0.657. The standard InChI is InChI=1S/C22H26N2O4/c1-4-15-5-8-17(9-6-15)24-12-11-19(22(24)26)21(25)23-14-16-7-10-18(27-2)13-20(16)28-3/h5-10,13,19H,4,11-12,14H2,1-3H3,(H,23,25)/t19-/m1/s1. The Kier molecular flexibility index (Phi) is 6.19. The van der Waals surface area contributed by atoms with E-state index in [1.165, 1.54) is 5.56 Å². The molecule has 1 atom stereocenters. The molecule has 6 nitrogen and oxygen atoms in total. The molecule has 148 valence electrons. The highest BCUT2D eigenvalue weighted by Crippen LogP contribution is 2.27. The van der Waals surface area contributed by atoms with Crippen molar-refractivity contribution in [2.45, 2.75) is 26.3 Å². The van der Waals surface area contributed by atoms with E-state index in [0.29, 0.717) is 31.0 Å². The number of hydrogen-bond acceptors (Lipinski definition) is 4. The van der Waals surface area contributed by atoms with Crippen LogP contribution in [0.15, 0.2) is 42.5 Å². The third kappa shape index (κ3) is 4.11. The molecule has 0 bridgehead atoms. The summed E-state index contributed by atoms with van der Waals surface area (Å²) in [5.41, 5.74) is 2.89. The average Bonchev–Trinajstić information content (AvgIpc) is 3.13. The molecule has 1 fully saturated rings. The first-order valence-electron chi connectivity index (χ1n) is 9.46. The molecule has 6 heteroatoms. The second-order valence-corrected chi connectivity index (χ2v) is 6.75. The van der Waals surface area contributed by atoms with Gasteiger partial charge in [-0.3, -0.25) is 9.59 Å². The molecule has 1 saturated heterocycles. The van der Waals surface area contributed by atoms with Gasteiger partial charge in [-0.1, -0.05) is 19.1 Å². The molecule has 0 spiro atoms. The van der Waals surface area contributed by atoms with Crippen molar-refractivity contribution in [3.05, 3.63) is 53.6 Å². The van der Waals surface area contributed by atoms with Crippen LogP contribution in [0.4, 0.5) is 5.69 Å². The SMILES string of the molecule is CCc1ccc(N2CC[C@H](C(=O)NCc3ccc(OC)cc3OC)C2=O)cc1. The second-order valence-electron chi connectivity index (χ2n) is 6.75. The fraction of sp³-hybridized carbons (Fsp3) is 0.364. The summed E-state index contributed by atoms with van der Waals surface area (Å²) in [6.45, 7) is 2.93. The van der Waals surface area contributed by atoms with Crippen molar-refractivity contribution in [2.24, 2.45) is 5.92 Å². The van der Waals surface area contributed by atoms with E-state index in [2.05, 4.69) is 12.2 Å². The molecule has 1 aliphatic heterocycles. The zero-order valence-corrected chi connectivity index (χ0v) is 16.5. The number of nitrogens with one attached hydrogen (secondary N) is 1. The number of carbonyl (C=O) groups excluding carboxylic acids is 2. The summed E-state index contributed by atoms with van der Waals surface area (Å²) in [6.07, 6.45) is 1.47. The Morgan fingerprint density at radius 3 is 2.54 bits per heavy atom. The lowest BCUT2D eigenvalue weighted by molar-refractivity contribution is -0.132. The molecular weight excluding hydrogens is 356 g/mol.